The van der Waals surface area contributed by atoms with E-state index in [1.165, 1.54) is 0 Å². The molecule has 1 aromatic heterocycles. The fourth-order valence-electron chi connectivity index (χ4n) is 4.39. The number of rotatable bonds is 7. The number of anilines is 1. The number of pyridine rings is 1. The molecular formula is C26H28N4O3. The van der Waals surface area contributed by atoms with Crippen LogP contribution in [0.4, 0.5) is 5.69 Å². The standard InChI is InChI=1S/C26H28N4O3/c31-25(28-9-10-30-11-13-33-14-12-30)19-3-1-18(2-4-19)23-16-24(23)26(32)29-22-6-5-21-17-27-8-7-20(21)15-22/h1-8,15,17,23-24H,9-14,16H2,(H,28,31)(H,29,32)/t23-,24-/m1/s1. The number of nitrogens with one attached hydrogen (secondary N) is 2. The lowest BCUT2D eigenvalue weighted by atomic mass is 10.1. The Kier molecular flexibility index (Phi) is 6.32. The molecule has 2 N–H and O–H groups in total. The van der Waals surface area contributed by atoms with Gasteiger partial charge in [-0.2, -0.15) is 0 Å². The Bertz CT molecular complexity index is 1140. The third-order valence-corrected chi connectivity index (χ3v) is 6.45. The molecule has 2 amide bonds. The first kappa shape index (κ1) is 21.6. The number of carbonyl (C=O) groups excluding carboxylic acids is 2. The second-order valence-electron chi connectivity index (χ2n) is 8.71. The lowest BCUT2D eigenvalue weighted by molar-refractivity contribution is -0.117. The smallest absolute Gasteiger partial charge is 0.251 e. The molecule has 33 heavy (non-hydrogen) atoms. The van der Waals surface area contributed by atoms with E-state index in [0.717, 1.165) is 61.3 Å². The summed E-state index contributed by atoms with van der Waals surface area (Å²) in [5, 5.41) is 8.12. The topological polar surface area (TPSA) is 83.6 Å². The van der Waals surface area contributed by atoms with Crippen LogP contribution < -0.4 is 10.6 Å². The number of carbonyl (C=O) groups is 2. The van der Waals surface area contributed by atoms with E-state index in [0.29, 0.717) is 12.1 Å². The zero-order chi connectivity index (χ0) is 22.6. The molecule has 0 radical (unpaired) electrons. The van der Waals surface area contributed by atoms with Crippen LogP contribution in [0.5, 0.6) is 0 Å². The highest BCUT2D eigenvalue weighted by Crippen LogP contribution is 2.48. The van der Waals surface area contributed by atoms with Crippen molar-refractivity contribution >= 4 is 28.3 Å². The highest BCUT2D eigenvalue weighted by atomic mass is 16.5. The van der Waals surface area contributed by atoms with Gasteiger partial charge in [-0.1, -0.05) is 18.2 Å². The van der Waals surface area contributed by atoms with Gasteiger partial charge in [-0.05, 0) is 53.6 Å². The van der Waals surface area contributed by atoms with Gasteiger partial charge in [0.05, 0.1) is 13.2 Å². The minimum absolute atomic E-state index is 0.0358. The SMILES string of the molecule is O=C(NCCN1CCOCC1)c1ccc([C@H]2C[C@H]2C(=O)Nc2ccc3cnccc3c2)cc1. The van der Waals surface area contributed by atoms with Crippen molar-refractivity contribution in [3.63, 3.8) is 0 Å². The third kappa shape index (κ3) is 5.21. The Hall–Kier alpha value is -3.29. The summed E-state index contributed by atoms with van der Waals surface area (Å²) in [7, 11) is 0. The first-order valence-corrected chi connectivity index (χ1v) is 11.5. The molecule has 0 unspecified atom stereocenters. The molecule has 170 valence electrons. The third-order valence-electron chi connectivity index (χ3n) is 6.45. The summed E-state index contributed by atoms with van der Waals surface area (Å²) in [6.07, 6.45) is 4.39. The Labute approximate surface area is 193 Å². The average molecular weight is 445 g/mol. The number of ether oxygens (including phenoxy) is 1. The molecule has 7 nitrogen and oxygen atoms in total. The number of morpholine rings is 1. The van der Waals surface area contributed by atoms with E-state index in [1.807, 2.05) is 54.7 Å². The van der Waals surface area contributed by atoms with Crippen molar-refractivity contribution in [2.45, 2.75) is 12.3 Å². The van der Waals surface area contributed by atoms with Gasteiger partial charge in [0, 0.05) is 61.1 Å². The molecule has 2 aliphatic rings. The number of fused-ring (bicyclic) bond motifs is 1. The Morgan fingerprint density at radius 2 is 1.85 bits per heavy atom. The lowest BCUT2D eigenvalue weighted by Gasteiger charge is -2.26. The van der Waals surface area contributed by atoms with E-state index in [1.54, 1.807) is 6.20 Å². The summed E-state index contributed by atoms with van der Waals surface area (Å²) in [5.41, 5.74) is 2.55. The van der Waals surface area contributed by atoms with Gasteiger partial charge in [0.25, 0.3) is 5.91 Å². The monoisotopic (exact) mass is 444 g/mol. The van der Waals surface area contributed by atoms with Crippen molar-refractivity contribution in [2.24, 2.45) is 5.92 Å². The van der Waals surface area contributed by atoms with Gasteiger partial charge in [-0.15, -0.1) is 0 Å². The van der Waals surface area contributed by atoms with Gasteiger partial charge >= 0.3 is 0 Å². The van der Waals surface area contributed by atoms with Crippen LogP contribution in [-0.2, 0) is 9.53 Å². The maximum absolute atomic E-state index is 12.7. The number of nitrogens with zero attached hydrogens (tertiary/aromatic N) is 2. The second kappa shape index (κ2) is 9.68. The molecule has 2 aromatic carbocycles. The van der Waals surface area contributed by atoms with Crippen molar-refractivity contribution in [3.8, 4) is 0 Å². The highest BCUT2D eigenvalue weighted by Gasteiger charge is 2.43. The predicted molar refractivity (Wildman–Crippen MR) is 127 cm³/mol. The highest BCUT2D eigenvalue weighted by molar-refractivity contribution is 5.97. The van der Waals surface area contributed by atoms with Crippen LogP contribution in [-0.4, -0.2) is 61.1 Å². The Balaban J connectivity index is 1.11. The quantitative estimate of drug-likeness (QED) is 0.585. The van der Waals surface area contributed by atoms with Crippen molar-refractivity contribution in [1.82, 2.24) is 15.2 Å². The molecule has 3 aromatic rings. The van der Waals surface area contributed by atoms with E-state index < -0.39 is 0 Å². The molecule has 0 spiro atoms. The lowest BCUT2D eigenvalue weighted by Crippen LogP contribution is -2.41. The van der Waals surface area contributed by atoms with Crippen LogP contribution in [0.15, 0.2) is 60.9 Å². The maximum Gasteiger partial charge on any atom is 0.251 e. The van der Waals surface area contributed by atoms with Crippen molar-refractivity contribution < 1.29 is 14.3 Å². The number of hydrogen-bond donors (Lipinski definition) is 2. The fourth-order valence-corrected chi connectivity index (χ4v) is 4.39. The summed E-state index contributed by atoms with van der Waals surface area (Å²) in [6, 6.07) is 15.4. The molecule has 1 aliphatic heterocycles. The van der Waals surface area contributed by atoms with Crippen molar-refractivity contribution in [2.75, 3.05) is 44.7 Å². The first-order valence-electron chi connectivity index (χ1n) is 11.5. The molecule has 2 atom stereocenters. The van der Waals surface area contributed by atoms with Gasteiger partial charge in [-0.3, -0.25) is 19.5 Å². The predicted octanol–water partition coefficient (Wildman–Crippen LogP) is 3.04. The molecule has 7 heteroatoms. The van der Waals surface area contributed by atoms with Crippen LogP contribution in [0.3, 0.4) is 0 Å². The summed E-state index contributed by atoms with van der Waals surface area (Å²) < 4.78 is 5.34. The van der Waals surface area contributed by atoms with Crippen molar-refractivity contribution in [3.05, 3.63) is 72.1 Å². The molecule has 1 saturated carbocycles. The molecule has 0 bridgehead atoms. The molecule has 2 heterocycles. The van der Waals surface area contributed by atoms with Gasteiger partial charge in [0.15, 0.2) is 0 Å². The van der Waals surface area contributed by atoms with E-state index in [9.17, 15) is 9.59 Å². The zero-order valence-electron chi connectivity index (χ0n) is 18.5. The van der Waals surface area contributed by atoms with Crippen LogP contribution >= 0.6 is 0 Å². The zero-order valence-corrected chi connectivity index (χ0v) is 18.5. The summed E-state index contributed by atoms with van der Waals surface area (Å²) in [4.78, 5) is 31.6. The molecule has 2 fully saturated rings. The van der Waals surface area contributed by atoms with Crippen LogP contribution in [0, 0.1) is 5.92 Å². The first-order chi connectivity index (χ1) is 16.2. The van der Waals surface area contributed by atoms with Crippen LogP contribution in [0.25, 0.3) is 10.8 Å². The summed E-state index contributed by atoms with van der Waals surface area (Å²) in [6.45, 7) is 4.81. The molecule has 5 rings (SSSR count). The van der Waals surface area contributed by atoms with Gasteiger partial charge < -0.3 is 15.4 Å². The van der Waals surface area contributed by atoms with E-state index >= 15 is 0 Å². The maximum atomic E-state index is 12.7. The fraction of sp³-hybridized carbons (Fsp3) is 0.346. The molecule has 1 saturated heterocycles. The molecular weight excluding hydrogens is 416 g/mol. The van der Waals surface area contributed by atoms with Gasteiger partial charge in [0.1, 0.15) is 0 Å². The van der Waals surface area contributed by atoms with Gasteiger partial charge in [0.2, 0.25) is 5.91 Å². The second-order valence-corrected chi connectivity index (χ2v) is 8.71. The van der Waals surface area contributed by atoms with E-state index in [2.05, 4.69) is 20.5 Å². The minimum Gasteiger partial charge on any atom is -0.379 e. The average Bonchev–Trinajstić information content (AvgIpc) is 3.66. The Morgan fingerprint density at radius 3 is 2.67 bits per heavy atom. The number of hydrogen-bond acceptors (Lipinski definition) is 5. The van der Waals surface area contributed by atoms with Gasteiger partial charge in [-0.25, -0.2) is 0 Å². The summed E-state index contributed by atoms with van der Waals surface area (Å²) in [5.74, 6) is 0.143. The Morgan fingerprint density at radius 1 is 1.03 bits per heavy atom. The molecule has 1 aliphatic carbocycles. The minimum atomic E-state index is -0.0635. The van der Waals surface area contributed by atoms with Crippen LogP contribution in [0.2, 0.25) is 0 Å². The van der Waals surface area contributed by atoms with E-state index in [-0.39, 0.29) is 23.7 Å². The number of amides is 2. The van der Waals surface area contributed by atoms with Crippen LogP contribution in [0.1, 0.15) is 28.3 Å². The largest absolute Gasteiger partial charge is 0.379 e. The van der Waals surface area contributed by atoms with Crippen molar-refractivity contribution in [1.29, 1.82) is 0 Å². The number of aromatic nitrogens is 1. The number of benzene rings is 2. The normalized spacial score (nSPS) is 20.4. The van der Waals surface area contributed by atoms with E-state index in [4.69, 9.17) is 4.74 Å². The summed E-state index contributed by atoms with van der Waals surface area (Å²) >= 11 is 0.